The highest BCUT2D eigenvalue weighted by Gasteiger charge is 2.26. The lowest BCUT2D eigenvalue weighted by molar-refractivity contribution is 0.175. The lowest BCUT2D eigenvalue weighted by Crippen LogP contribution is -2.41. The molecule has 0 N–H and O–H groups in total. The Hall–Kier alpha value is -1.14. The highest BCUT2D eigenvalue weighted by atomic mass is 32.2. The van der Waals surface area contributed by atoms with E-state index in [0.717, 1.165) is 5.69 Å². The number of nitrogens with zero attached hydrogens (tertiary/aromatic N) is 2. The molecule has 15 heavy (non-hydrogen) atoms. The van der Waals surface area contributed by atoms with Crippen LogP contribution in [0.4, 0.5) is 5.69 Å². The molecule has 2 heterocycles. The Labute approximate surface area is 88.7 Å². The largest absolute Gasteiger partial charge is 0.362 e. The minimum Gasteiger partial charge on any atom is -0.362 e. The molecular weight excluding hydrogens is 216 g/mol. The van der Waals surface area contributed by atoms with Crippen molar-refractivity contribution in [1.82, 2.24) is 4.98 Å². The second-order valence-electron chi connectivity index (χ2n) is 3.37. The van der Waals surface area contributed by atoms with Crippen LogP contribution in [0.3, 0.4) is 0 Å². The normalized spacial score (nSPS) is 20.2. The van der Waals surface area contributed by atoms with Gasteiger partial charge in [0.2, 0.25) is 0 Å². The van der Waals surface area contributed by atoms with Crippen LogP contribution < -0.4 is 4.31 Å². The van der Waals surface area contributed by atoms with Gasteiger partial charge in [-0.3, -0.25) is 9.29 Å². The van der Waals surface area contributed by atoms with E-state index in [9.17, 15) is 8.42 Å². The van der Waals surface area contributed by atoms with Crippen molar-refractivity contribution in [1.29, 1.82) is 0 Å². The molecule has 6 heteroatoms. The summed E-state index contributed by atoms with van der Waals surface area (Å²) < 4.78 is 29.5. The van der Waals surface area contributed by atoms with E-state index >= 15 is 0 Å². The van der Waals surface area contributed by atoms with Crippen LogP contribution in [-0.2, 0) is 14.8 Å². The molecule has 5 nitrogen and oxygen atoms in total. The average molecular weight is 228 g/mol. The number of hydrogen-bond donors (Lipinski definition) is 0. The van der Waals surface area contributed by atoms with Crippen molar-refractivity contribution in [3.05, 3.63) is 24.0 Å². The molecule has 2 rings (SSSR count). The SMILES string of the molecule is Cc1ccc(N2CCOCS2(=O)=O)cn1. The van der Waals surface area contributed by atoms with Crippen molar-refractivity contribution in [2.45, 2.75) is 6.92 Å². The maximum Gasteiger partial charge on any atom is 0.259 e. The molecule has 1 aliphatic heterocycles. The number of aryl methyl sites for hydroxylation is 1. The minimum absolute atomic E-state index is 0.249. The predicted molar refractivity (Wildman–Crippen MR) is 56.1 cm³/mol. The topological polar surface area (TPSA) is 59.5 Å². The number of pyridine rings is 1. The molecule has 0 aromatic carbocycles. The van der Waals surface area contributed by atoms with Gasteiger partial charge in [-0.2, -0.15) is 0 Å². The Kier molecular flexibility index (Phi) is 2.62. The first-order chi connectivity index (χ1) is 7.09. The molecule has 1 saturated heterocycles. The fourth-order valence-corrected chi connectivity index (χ4v) is 2.65. The first-order valence-corrected chi connectivity index (χ1v) is 6.21. The van der Waals surface area contributed by atoms with Crippen molar-refractivity contribution in [2.75, 3.05) is 23.4 Å². The number of anilines is 1. The van der Waals surface area contributed by atoms with E-state index < -0.39 is 10.0 Å². The van der Waals surface area contributed by atoms with Crippen molar-refractivity contribution in [3.63, 3.8) is 0 Å². The van der Waals surface area contributed by atoms with Crippen LogP contribution in [0.15, 0.2) is 18.3 Å². The Morgan fingerprint density at radius 2 is 2.27 bits per heavy atom. The molecule has 0 amide bonds. The van der Waals surface area contributed by atoms with Gasteiger partial charge in [0.1, 0.15) is 0 Å². The fourth-order valence-electron chi connectivity index (χ4n) is 1.41. The maximum atomic E-state index is 11.6. The summed E-state index contributed by atoms with van der Waals surface area (Å²) in [5.41, 5.74) is 1.47. The molecule has 0 spiro atoms. The third-order valence-electron chi connectivity index (χ3n) is 2.19. The highest BCUT2D eigenvalue weighted by molar-refractivity contribution is 7.92. The Balaban J connectivity index is 2.33. The van der Waals surface area contributed by atoms with Gasteiger partial charge in [-0.15, -0.1) is 0 Å². The lowest BCUT2D eigenvalue weighted by Gasteiger charge is -2.27. The smallest absolute Gasteiger partial charge is 0.259 e. The van der Waals surface area contributed by atoms with Crippen molar-refractivity contribution < 1.29 is 13.2 Å². The average Bonchev–Trinajstić information content (AvgIpc) is 2.19. The number of ether oxygens (including phenoxy) is 1. The summed E-state index contributed by atoms with van der Waals surface area (Å²) >= 11 is 0. The Morgan fingerprint density at radius 3 is 2.87 bits per heavy atom. The molecule has 0 atom stereocenters. The molecule has 0 radical (unpaired) electrons. The van der Waals surface area contributed by atoms with Gasteiger partial charge in [-0.05, 0) is 19.1 Å². The quantitative estimate of drug-likeness (QED) is 0.703. The van der Waals surface area contributed by atoms with Crippen molar-refractivity contribution in [3.8, 4) is 0 Å². The van der Waals surface area contributed by atoms with Gasteiger partial charge in [0.25, 0.3) is 10.0 Å². The Bertz CT molecular complexity index is 441. The fraction of sp³-hybridized carbons (Fsp3) is 0.444. The molecule has 0 unspecified atom stereocenters. The summed E-state index contributed by atoms with van der Waals surface area (Å²) in [4.78, 5) is 4.07. The molecule has 1 aliphatic rings. The van der Waals surface area contributed by atoms with Gasteiger partial charge < -0.3 is 4.74 Å². The van der Waals surface area contributed by atoms with E-state index in [4.69, 9.17) is 4.74 Å². The summed E-state index contributed by atoms with van der Waals surface area (Å²) in [6.45, 7) is 2.64. The van der Waals surface area contributed by atoms with Crippen LogP contribution in [0.2, 0.25) is 0 Å². The predicted octanol–water partition coefficient (Wildman–Crippen LogP) is 0.514. The van der Waals surface area contributed by atoms with Gasteiger partial charge in [0, 0.05) is 5.69 Å². The maximum absolute atomic E-state index is 11.6. The van der Waals surface area contributed by atoms with Crippen LogP contribution in [0.5, 0.6) is 0 Å². The van der Waals surface area contributed by atoms with Crippen molar-refractivity contribution >= 4 is 15.7 Å². The molecule has 0 bridgehead atoms. The Morgan fingerprint density at radius 1 is 1.47 bits per heavy atom. The van der Waals surface area contributed by atoms with Crippen LogP contribution in [0.1, 0.15) is 5.69 Å². The van der Waals surface area contributed by atoms with E-state index in [1.165, 1.54) is 4.31 Å². The zero-order chi connectivity index (χ0) is 10.9. The van der Waals surface area contributed by atoms with Crippen molar-refractivity contribution in [2.24, 2.45) is 0 Å². The van der Waals surface area contributed by atoms with Crippen LogP contribution >= 0.6 is 0 Å². The minimum atomic E-state index is -3.32. The van der Waals surface area contributed by atoms with Crippen LogP contribution in [0.25, 0.3) is 0 Å². The second kappa shape index (κ2) is 3.79. The van der Waals surface area contributed by atoms with E-state index in [1.807, 2.05) is 6.92 Å². The zero-order valence-corrected chi connectivity index (χ0v) is 9.20. The van der Waals surface area contributed by atoms with Gasteiger partial charge in [-0.25, -0.2) is 8.42 Å². The highest BCUT2D eigenvalue weighted by Crippen LogP contribution is 2.19. The molecule has 1 fully saturated rings. The monoisotopic (exact) mass is 228 g/mol. The number of sulfonamides is 1. The van der Waals surface area contributed by atoms with E-state index in [1.54, 1.807) is 18.3 Å². The van der Waals surface area contributed by atoms with Gasteiger partial charge in [-0.1, -0.05) is 0 Å². The van der Waals surface area contributed by atoms with E-state index in [2.05, 4.69) is 4.98 Å². The van der Waals surface area contributed by atoms with Crippen LogP contribution in [-0.4, -0.2) is 32.5 Å². The molecule has 82 valence electrons. The van der Waals surface area contributed by atoms with Gasteiger partial charge in [0.15, 0.2) is 5.94 Å². The third-order valence-corrected chi connectivity index (χ3v) is 3.72. The number of rotatable bonds is 1. The number of aromatic nitrogens is 1. The molecule has 1 aromatic rings. The summed E-state index contributed by atoms with van der Waals surface area (Å²) in [6, 6.07) is 3.55. The second-order valence-corrected chi connectivity index (χ2v) is 5.21. The van der Waals surface area contributed by atoms with E-state index in [-0.39, 0.29) is 5.94 Å². The van der Waals surface area contributed by atoms with Gasteiger partial charge >= 0.3 is 0 Å². The first-order valence-electron chi connectivity index (χ1n) is 4.60. The summed E-state index contributed by atoms with van der Waals surface area (Å²) in [7, 11) is -3.32. The van der Waals surface area contributed by atoms with Crippen LogP contribution in [0, 0.1) is 6.92 Å². The van der Waals surface area contributed by atoms with Gasteiger partial charge in [0.05, 0.1) is 25.0 Å². The standard InChI is InChI=1S/C9H12N2O3S/c1-8-2-3-9(6-10-8)11-4-5-14-7-15(11,12)13/h2-3,6H,4-5,7H2,1H3. The molecule has 1 aromatic heterocycles. The molecular formula is C9H12N2O3S. The summed E-state index contributed by atoms with van der Waals surface area (Å²) in [6.07, 6.45) is 1.57. The first kappa shape index (κ1) is 10.4. The lowest BCUT2D eigenvalue weighted by atomic mass is 10.3. The summed E-state index contributed by atoms with van der Waals surface area (Å²) in [5, 5.41) is 0. The third kappa shape index (κ3) is 2.10. The van der Waals surface area contributed by atoms with E-state index in [0.29, 0.717) is 18.8 Å². The number of hydrogen-bond acceptors (Lipinski definition) is 4. The molecule has 0 aliphatic carbocycles. The molecule has 0 saturated carbocycles. The zero-order valence-electron chi connectivity index (χ0n) is 8.38. The summed E-state index contributed by atoms with van der Waals surface area (Å²) in [5.74, 6) is -0.249.